The molecule has 0 saturated heterocycles. The normalized spacial score (nSPS) is 14.2. The van der Waals surface area contributed by atoms with E-state index in [2.05, 4.69) is 0 Å². The molecule has 1 heterocycles. The van der Waals surface area contributed by atoms with Crippen molar-refractivity contribution in [3.05, 3.63) is 34.9 Å². The van der Waals surface area contributed by atoms with E-state index in [0.29, 0.717) is 18.4 Å². The van der Waals surface area contributed by atoms with Crippen LogP contribution in [0.15, 0.2) is 18.2 Å². The monoisotopic (exact) mass is 261 g/mol. The number of carbonyl (C=O) groups excluding carboxylic acids is 2. The van der Waals surface area contributed by atoms with Crippen LogP contribution in [0.3, 0.4) is 0 Å². The van der Waals surface area contributed by atoms with Crippen molar-refractivity contribution in [1.29, 1.82) is 0 Å². The summed E-state index contributed by atoms with van der Waals surface area (Å²) in [5, 5.41) is 8.93. The number of hydrogen-bond donors (Lipinski definition) is 1. The lowest BCUT2D eigenvalue weighted by Gasteiger charge is -2.23. The van der Waals surface area contributed by atoms with Gasteiger partial charge in [-0.05, 0) is 31.0 Å². The van der Waals surface area contributed by atoms with Crippen molar-refractivity contribution in [3.8, 4) is 0 Å². The van der Waals surface area contributed by atoms with Crippen LogP contribution in [0.1, 0.15) is 57.8 Å². The van der Waals surface area contributed by atoms with Gasteiger partial charge < -0.3 is 5.11 Å². The maximum atomic E-state index is 12.3. The maximum absolute atomic E-state index is 12.3. The highest BCUT2D eigenvalue weighted by Gasteiger charge is 2.39. The molecule has 0 atom stereocenters. The molecule has 0 spiro atoms. The molecular weight excluding hydrogens is 246 g/mol. The Balaban J connectivity index is 2.47. The number of nitrogens with zero attached hydrogens (tertiary/aromatic N) is 1. The summed E-state index contributed by atoms with van der Waals surface area (Å²) in [4.78, 5) is 36.6. The molecule has 0 radical (unpaired) electrons. The Morgan fingerprint density at radius 1 is 1.16 bits per heavy atom. The molecule has 0 unspecified atom stereocenters. The summed E-state index contributed by atoms with van der Waals surface area (Å²) in [6.07, 6.45) is 1.38. The fraction of sp³-hybridized carbons (Fsp3) is 0.357. The number of carboxylic acids is 1. The van der Waals surface area contributed by atoms with Crippen LogP contribution in [0.4, 0.5) is 0 Å². The highest BCUT2D eigenvalue weighted by molar-refractivity contribution is 6.22. The minimum atomic E-state index is -1.11. The Morgan fingerprint density at radius 2 is 1.74 bits per heavy atom. The van der Waals surface area contributed by atoms with Crippen molar-refractivity contribution in [1.82, 2.24) is 4.90 Å². The second-order valence-corrected chi connectivity index (χ2v) is 4.52. The second-order valence-electron chi connectivity index (χ2n) is 4.52. The molecule has 1 aliphatic heterocycles. The highest BCUT2D eigenvalue weighted by atomic mass is 16.4. The number of imide groups is 1. The lowest BCUT2D eigenvalue weighted by atomic mass is 10.1. The Hall–Kier alpha value is -2.17. The summed E-state index contributed by atoms with van der Waals surface area (Å²) in [7, 11) is 0. The molecule has 0 aromatic heterocycles. The second kappa shape index (κ2) is 4.84. The number of aromatic carboxylic acids is 1. The number of benzene rings is 1. The quantitative estimate of drug-likeness (QED) is 0.843. The fourth-order valence-corrected chi connectivity index (χ4v) is 2.38. The number of fused-ring (bicyclic) bond motifs is 1. The van der Waals surface area contributed by atoms with Crippen LogP contribution < -0.4 is 0 Å². The average Bonchev–Trinajstić information content (AvgIpc) is 2.65. The van der Waals surface area contributed by atoms with Gasteiger partial charge in [-0.25, -0.2) is 4.79 Å². The van der Waals surface area contributed by atoms with Crippen molar-refractivity contribution in [3.63, 3.8) is 0 Å². The topological polar surface area (TPSA) is 74.7 Å². The Kier molecular flexibility index (Phi) is 3.38. The summed E-state index contributed by atoms with van der Waals surface area (Å²) in [5.74, 6) is -1.83. The van der Waals surface area contributed by atoms with Crippen molar-refractivity contribution in [2.24, 2.45) is 0 Å². The molecular formula is C14H15NO4. The van der Waals surface area contributed by atoms with Crippen LogP contribution in [0.5, 0.6) is 0 Å². The molecule has 0 bridgehead atoms. The van der Waals surface area contributed by atoms with Gasteiger partial charge in [-0.15, -0.1) is 0 Å². The van der Waals surface area contributed by atoms with Gasteiger partial charge in [0.05, 0.1) is 16.7 Å². The van der Waals surface area contributed by atoms with Crippen LogP contribution in [0.25, 0.3) is 0 Å². The Labute approximate surface area is 110 Å². The first kappa shape index (κ1) is 13.3. The van der Waals surface area contributed by atoms with Crippen molar-refractivity contribution >= 4 is 17.8 Å². The van der Waals surface area contributed by atoms with E-state index in [1.807, 2.05) is 13.8 Å². The first-order valence-electron chi connectivity index (χ1n) is 6.26. The molecule has 1 aromatic rings. The molecule has 0 saturated carbocycles. The van der Waals surface area contributed by atoms with Gasteiger partial charge in [0.1, 0.15) is 0 Å². The third-order valence-electron chi connectivity index (χ3n) is 3.47. The van der Waals surface area contributed by atoms with E-state index in [-0.39, 0.29) is 23.1 Å². The number of rotatable bonds is 4. The number of hydrogen-bond acceptors (Lipinski definition) is 3. The van der Waals surface area contributed by atoms with Gasteiger partial charge in [-0.2, -0.15) is 0 Å². The summed E-state index contributed by atoms with van der Waals surface area (Å²) < 4.78 is 0. The van der Waals surface area contributed by atoms with E-state index < -0.39 is 11.9 Å². The lowest BCUT2D eigenvalue weighted by Crippen LogP contribution is -2.39. The van der Waals surface area contributed by atoms with E-state index in [0.717, 1.165) is 0 Å². The first-order valence-corrected chi connectivity index (χ1v) is 6.26. The van der Waals surface area contributed by atoms with Gasteiger partial charge in [0.15, 0.2) is 0 Å². The van der Waals surface area contributed by atoms with Crippen molar-refractivity contribution in [2.75, 3.05) is 0 Å². The summed E-state index contributed by atoms with van der Waals surface area (Å²) >= 11 is 0. The molecule has 1 aliphatic rings. The molecule has 19 heavy (non-hydrogen) atoms. The molecule has 2 amide bonds. The Morgan fingerprint density at radius 3 is 2.26 bits per heavy atom. The van der Waals surface area contributed by atoms with Crippen LogP contribution in [-0.4, -0.2) is 33.8 Å². The third-order valence-corrected chi connectivity index (χ3v) is 3.47. The van der Waals surface area contributed by atoms with Crippen LogP contribution in [-0.2, 0) is 0 Å². The van der Waals surface area contributed by atoms with E-state index in [1.165, 1.54) is 23.1 Å². The minimum absolute atomic E-state index is 0.0197. The maximum Gasteiger partial charge on any atom is 0.335 e. The van der Waals surface area contributed by atoms with Crippen molar-refractivity contribution in [2.45, 2.75) is 32.7 Å². The average molecular weight is 261 g/mol. The SMILES string of the molecule is CCC(CC)N1C(=O)c2ccc(C(=O)O)cc2C1=O. The van der Waals surface area contributed by atoms with Crippen LogP contribution in [0.2, 0.25) is 0 Å². The van der Waals surface area contributed by atoms with Crippen LogP contribution in [0, 0.1) is 0 Å². The van der Waals surface area contributed by atoms with E-state index in [4.69, 9.17) is 5.11 Å². The first-order chi connectivity index (χ1) is 9.01. The van der Waals surface area contributed by atoms with Crippen LogP contribution >= 0.6 is 0 Å². The Bertz CT molecular complexity index is 561. The van der Waals surface area contributed by atoms with Gasteiger partial charge in [0.25, 0.3) is 11.8 Å². The molecule has 0 aliphatic carbocycles. The predicted octanol–water partition coefficient (Wildman–Crippen LogP) is 2.17. The number of carbonyl (C=O) groups is 3. The summed E-state index contributed by atoms with van der Waals surface area (Å²) in [6.45, 7) is 3.83. The van der Waals surface area contributed by atoms with Crippen molar-refractivity contribution < 1.29 is 19.5 Å². The fourth-order valence-electron chi connectivity index (χ4n) is 2.38. The van der Waals surface area contributed by atoms with Gasteiger partial charge in [-0.1, -0.05) is 13.8 Å². The number of carboxylic acid groups (broad SMARTS) is 1. The third kappa shape index (κ3) is 2.01. The zero-order valence-corrected chi connectivity index (χ0v) is 10.8. The van der Waals surface area contributed by atoms with Gasteiger partial charge in [0, 0.05) is 6.04 Å². The summed E-state index contributed by atoms with van der Waals surface area (Å²) in [6, 6.07) is 3.91. The largest absolute Gasteiger partial charge is 0.478 e. The minimum Gasteiger partial charge on any atom is -0.478 e. The molecule has 1 N–H and O–H groups in total. The predicted molar refractivity (Wildman–Crippen MR) is 68.3 cm³/mol. The van der Waals surface area contributed by atoms with E-state index in [1.54, 1.807) is 0 Å². The lowest BCUT2D eigenvalue weighted by molar-refractivity contribution is 0.0575. The number of amides is 2. The molecule has 0 fully saturated rings. The van der Waals surface area contributed by atoms with E-state index in [9.17, 15) is 14.4 Å². The zero-order valence-electron chi connectivity index (χ0n) is 10.8. The molecule has 2 rings (SSSR count). The van der Waals surface area contributed by atoms with Gasteiger partial charge in [0.2, 0.25) is 0 Å². The smallest absolute Gasteiger partial charge is 0.335 e. The highest BCUT2D eigenvalue weighted by Crippen LogP contribution is 2.27. The molecule has 100 valence electrons. The van der Waals surface area contributed by atoms with Gasteiger partial charge >= 0.3 is 5.97 Å². The zero-order chi connectivity index (χ0) is 14.2. The molecule has 5 heteroatoms. The molecule has 1 aromatic carbocycles. The molecule has 5 nitrogen and oxygen atoms in total. The summed E-state index contributed by atoms with van der Waals surface area (Å²) in [5.41, 5.74) is 0.505. The standard InChI is InChI=1S/C14H15NO4/c1-3-9(4-2)15-12(16)10-6-5-8(14(18)19)7-11(10)13(15)17/h5-7,9H,3-4H2,1-2H3,(H,18,19). The van der Waals surface area contributed by atoms with E-state index >= 15 is 0 Å². The van der Waals surface area contributed by atoms with Gasteiger partial charge in [-0.3, -0.25) is 14.5 Å².